The molecule has 5 rings (SSSR count). The second-order valence-electron chi connectivity index (χ2n) is 7.64. The molecule has 2 aliphatic heterocycles. The third kappa shape index (κ3) is 2.92. The Morgan fingerprint density at radius 1 is 1.11 bits per heavy atom. The number of benzene rings is 1. The summed E-state index contributed by atoms with van der Waals surface area (Å²) in [4.78, 5) is 27.2. The number of aromatic nitrogens is 2. The van der Waals surface area contributed by atoms with Gasteiger partial charge in [-0.25, -0.2) is 0 Å². The number of halogens is 1. The maximum Gasteiger partial charge on any atom is 0.250 e. The van der Waals surface area contributed by atoms with Crippen molar-refractivity contribution in [3.63, 3.8) is 0 Å². The summed E-state index contributed by atoms with van der Waals surface area (Å²) < 4.78 is 4.96. The number of rotatable bonds is 2. The van der Waals surface area contributed by atoms with E-state index in [-0.39, 0.29) is 17.4 Å². The van der Waals surface area contributed by atoms with E-state index >= 15 is 0 Å². The summed E-state index contributed by atoms with van der Waals surface area (Å²) in [6.45, 7) is 2.51. The predicted molar refractivity (Wildman–Crippen MR) is 108 cm³/mol. The molecule has 138 valence electrons. The van der Waals surface area contributed by atoms with Crippen LogP contribution in [-0.2, 0) is 17.9 Å². The van der Waals surface area contributed by atoms with Crippen molar-refractivity contribution in [2.75, 3.05) is 13.1 Å². The van der Waals surface area contributed by atoms with Crippen LogP contribution in [0.2, 0.25) is 0 Å². The molecule has 2 aromatic heterocycles. The average Bonchev–Trinajstić information content (AvgIpc) is 3.04. The van der Waals surface area contributed by atoms with Crippen LogP contribution in [0, 0.1) is 5.92 Å². The van der Waals surface area contributed by atoms with E-state index in [0.29, 0.717) is 19.0 Å². The molecule has 3 aromatic rings. The maximum absolute atomic E-state index is 13.0. The Kier molecular flexibility index (Phi) is 3.97. The van der Waals surface area contributed by atoms with Gasteiger partial charge in [0.2, 0.25) is 5.91 Å². The molecule has 5 nitrogen and oxygen atoms in total. The zero-order valence-electron chi connectivity index (χ0n) is 14.8. The van der Waals surface area contributed by atoms with Crippen LogP contribution < -0.4 is 5.56 Å². The number of amides is 1. The van der Waals surface area contributed by atoms with E-state index in [2.05, 4.69) is 22.0 Å². The highest BCUT2D eigenvalue weighted by Crippen LogP contribution is 2.35. The number of fused-ring (bicyclic) bond motifs is 5. The molecule has 0 spiro atoms. The van der Waals surface area contributed by atoms with Crippen LogP contribution in [0.4, 0.5) is 0 Å². The molecule has 4 heterocycles. The first-order chi connectivity index (χ1) is 13.1. The normalized spacial score (nSPS) is 21.3. The highest BCUT2D eigenvalue weighted by atomic mass is 79.9. The number of hydrogen-bond donors (Lipinski definition) is 0. The van der Waals surface area contributed by atoms with Crippen molar-refractivity contribution >= 4 is 32.7 Å². The van der Waals surface area contributed by atoms with Gasteiger partial charge in [-0.05, 0) is 42.7 Å². The second-order valence-corrected chi connectivity index (χ2v) is 8.56. The molecule has 0 aliphatic carbocycles. The van der Waals surface area contributed by atoms with E-state index in [4.69, 9.17) is 0 Å². The number of nitrogens with zero attached hydrogens (tertiary/aromatic N) is 3. The van der Waals surface area contributed by atoms with Gasteiger partial charge in [0.15, 0.2) is 0 Å². The fourth-order valence-corrected chi connectivity index (χ4v) is 5.03. The zero-order valence-corrected chi connectivity index (χ0v) is 16.4. The average molecular weight is 426 g/mol. The monoisotopic (exact) mass is 425 g/mol. The third-order valence-electron chi connectivity index (χ3n) is 5.87. The van der Waals surface area contributed by atoms with Crippen LogP contribution in [0.15, 0.2) is 57.9 Å². The van der Waals surface area contributed by atoms with Crippen molar-refractivity contribution in [1.82, 2.24) is 14.0 Å². The van der Waals surface area contributed by atoms with Crippen LogP contribution in [0.1, 0.15) is 18.0 Å². The van der Waals surface area contributed by atoms with E-state index in [1.54, 1.807) is 6.07 Å². The summed E-state index contributed by atoms with van der Waals surface area (Å²) in [5.41, 5.74) is 2.22. The van der Waals surface area contributed by atoms with Gasteiger partial charge in [0.1, 0.15) is 6.54 Å². The Morgan fingerprint density at radius 3 is 2.89 bits per heavy atom. The topological polar surface area (TPSA) is 47.2 Å². The molecule has 2 aliphatic rings. The second kappa shape index (κ2) is 6.37. The molecule has 0 radical (unpaired) electrons. The lowest BCUT2D eigenvalue weighted by atomic mass is 9.83. The van der Waals surface area contributed by atoms with Gasteiger partial charge >= 0.3 is 0 Å². The number of likely N-dealkylation sites (tertiary alicyclic amines) is 1. The molecule has 0 saturated carbocycles. The molecular formula is C21H20BrN3O2. The fraction of sp³-hybridized carbons (Fsp3) is 0.333. The summed E-state index contributed by atoms with van der Waals surface area (Å²) in [5, 5.41) is 1.13. The highest BCUT2D eigenvalue weighted by Gasteiger charge is 2.36. The van der Waals surface area contributed by atoms with Crippen LogP contribution in [0.3, 0.4) is 0 Å². The van der Waals surface area contributed by atoms with Crippen molar-refractivity contribution in [2.45, 2.75) is 25.4 Å². The number of piperidine rings is 1. The minimum absolute atomic E-state index is 0.0759. The van der Waals surface area contributed by atoms with Crippen LogP contribution in [0.25, 0.3) is 10.9 Å². The molecule has 0 N–H and O–H groups in total. The Morgan fingerprint density at radius 2 is 2.00 bits per heavy atom. The van der Waals surface area contributed by atoms with Crippen LogP contribution in [-0.4, -0.2) is 33.0 Å². The van der Waals surface area contributed by atoms with Crippen LogP contribution in [0.5, 0.6) is 0 Å². The summed E-state index contributed by atoms with van der Waals surface area (Å²) >= 11 is 3.49. The number of hydrogen-bond acceptors (Lipinski definition) is 2. The summed E-state index contributed by atoms with van der Waals surface area (Å²) in [6.07, 6.45) is 3.04. The smallest absolute Gasteiger partial charge is 0.250 e. The number of carbonyl (C=O) groups excluding carboxylic acids is 1. The van der Waals surface area contributed by atoms with Gasteiger partial charge in [0.05, 0.1) is 0 Å². The Bertz CT molecular complexity index is 1100. The predicted octanol–water partition coefficient (Wildman–Crippen LogP) is 3.21. The lowest BCUT2D eigenvalue weighted by Crippen LogP contribution is -2.49. The SMILES string of the molecule is O=C(Cn1ccc2cc(Br)ccc21)N1C[C@H]2C[C@@H](C1)c1cccc(=O)n1C2. The first-order valence-electron chi connectivity index (χ1n) is 9.30. The zero-order chi connectivity index (χ0) is 18.5. The summed E-state index contributed by atoms with van der Waals surface area (Å²) in [6, 6.07) is 13.6. The fourth-order valence-electron chi connectivity index (χ4n) is 4.65. The summed E-state index contributed by atoms with van der Waals surface area (Å²) in [7, 11) is 0. The Labute approximate surface area is 165 Å². The van der Waals surface area contributed by atoms with Gasteiger partial charge < -0.3 is 14.0 Å². The molecule has 1 aromatic carbocycles. The first-order valence-corrected chi connectivity index (χ1v) is 10.1. The summed E-state index contributed by atoms with van der Waals surface area (Å²) in [5.74, 6) is 0.766. The van der Waals surface area contributed by atoms with E-state index < -0.39 is 0 Å². The molecular weight excluding hydrogens is 406 g/mol. The Hall–Kier alpha value is -2.34. The molecule has 0 unspecified atom stereocenters. The van der Waals surface area contributed by atoms with Crippen molar-refractivity contribution in [1.29, 1.82) is 0 Å². The maximum atomic E-state index is 13.0. The van der Waals surface area contributed by atoms with Gasteiger partial charge in [-0.1, -0.05) is 22.0 Å². The number of carbonyl (C=O) groups is 1. The standard InChI is InChI=1S/C21H20BrN3O2/c22-17-4-5-18-15(9-17)6-7-23(18)13-21(27)24-10-14-8-16(12-24)19-2-1-3-20(26)25(19)11-14/h1-7,9,14,16H,8,10-13H2/t14-,16+/m1/s1. The van der Waals surface area contributed by atoms with E-state index in [0.717, 1.165) is 40.6 Å². The lowest BCUT2D eigenvalue weighted by molar-refractivity contribution is -0.134. The molecule has 1 amide bonds. The van der Waals surface area contributed by atoms with Crippen LogP contribution >= 0.6 is 15.9 Å². The minimum Gasteiger partial charge on any atom is -0.340 e. The third-order valence-corrected chi connectivity index (χ3v) is 6.36. The number of pyridine rings is 1. The van der Waals surface area contributed by atoms with Gasteiger partial charge in [-0.3, -0.25) is 9.59 Å². The lowest BCUT2D eigenvalue weighted by Gasteiger charge is -2.42. The van der Waals surface area contributed by atoms with E-state index in [1.807, 2.05) is 50.6 Å². The van der Waals surface area contributed by atoms with Crippen molar-refractivity contribution in [2.24, 2.45) is 5.92 Å². The molecule has 27 heavy (non-hydrogen) atoms. The van der Waals surface area contributed by atoms with Gasteiger partial charge in [-0.2, -0.15) is 0 Å². The minimum atomic E-state index is 0.0759. The molecule has 6 heteroatoms. The molecule has 2 bridgehead atoms. The van der Waals surface area contributed by atoms with Crippen molar-refractivity contribution in [3.05, 3.63) is 69.2 Å². The van der Waals surface area contributed by atoms with Crippen molar-refractivity contribution in [3.8, 4) is 0 Å². The Balaban J connectivity index is 1.38. The van der Waals surface area contributed by atoms with Gasteiger partial charge in [0.25, 0.3) is 5.56 Å². The molecule has 1 saturated heterocycles. The molecule has 2 atom stereocenters. The highest BCUT2D eigenvalue weighted by molar-refractivity contribution is 9.10. The first kappa shape index (κ1) is 16.8. The quantitative estimate of drug-likeness (QED) is 0.632. The van der Waals surface area contributed by atoms with Gasteiger partial charge in [0, 0.05) is 58.9 Å². The largest absolute Gasteiger partial charge is 0.340 e. The molecule has 1 fully saturated rings. The van der Waals surface area contributed by atoms with E-state index in [1.165, 1.54) is 0 Å². The van der Waals surface area contributed by atoms with Gasteiger partial charge in [-0.15, -0.1) is 0 Å². The van der Waals surface area contributed by atoms with Crippen molar-refractivity contribution < 1.29 is 4.79 Å². The van der Waals surface area contributed by atoms with E-state index in [9.17, 15) is 9.59 Å².